The fraction of sp³-hybridized carbons (Fsp3) is 0.400. The summed E-state index contributed by atoms with van der Waals surface area (Å²) in [5.41, 5.74) is 4.99. The van der Waals surface area contributed by atoms with Gasteiger partial charge in [-0.1, -0.05) is 48.6 Å². The maximum atomic E-state index is 13.7. The second-order valence-electron chi connectivity index (χ2n) is 11.7. The molecule has 7 nitrogen and oxygen atoms in total. The first-order chi connectivity index (χ1) is 21.9. The molecule has 3 aliphatic rings. The second-order valence-corrected chi connectivity index (χ2v) is 11.7. The van der Waals surface area contributed by atoms with Gasteiger partial charge in [0, 0.05) is 33.0 Å². The molecular formula is C35H39F3N4O3. The molecule has 1 saturated heterocycles. The highest BCUT2D eigenvalue weighted by molar-refractivity contribution is 5.72. The lowest BCUT2D eigenvalue weighted by molar-refractivity contribution is -0.137. The Hall–Kier alpha value is -4.18. The average Bonchev–Trinajstić information content (AvgIpc) is 3.07. The molecule has 1 N–H and O–H groups in total. The highest BCUT2D eigenvalue weighted by atomic mass is 19.4. The zero-order valence-electron chi connectivity index (χ0n) is 25.1. The summed E-state index contributed by atoms with van der Waals surface area (Å²) in [5, 5.41) is 12.7. The van der Waals surface area contributed by atoms with Gasteiger partial charge in [0.05, 0.1) is 17.3 Å². The molecule has 238 valence electrons. The summed E-state index contributed by atoms with van der Waals surface area (Å²) < 4.78 is 52.9. The van der Waals surface area contributed by atoms with Crippen molar-refractivity contribution in [2.75, 3.05) is 26.2 Å². The van der Waals surface area contributed by atoms with E-state index in [9.17, 15) is 18.0 Å². The second kappa shape index (κ2) is 13.9. The smallest absolute Gasteiger partial charge is 0.416 e. The van der Waals surface area contributed by atoms with Gasteiger partial charge in [-0.15, -0.1) is 5.10 Å². The summed E-state index contributed by atoms with van der Waals surface area (Å²) in [6.45, 7) is 2.18. The average molecular weight is 621 g/mol. The third kappa shape index (κ3) is 7.39. The molecule has 45 heavy (non-hydrogen) atoms. The van der Waals surface area contributed by atoms with Crippen molar-refractivity contribution in [1.82, 2.24) is 20.4 Å². The first-order valence-corrected chi connectivity index (χ1v) is 15.6. The minimum Gasteiger partial charge on any atom is -0.488 e. The molecule has 1 atom stereocenters. The number of hydrogen-bond acceptors (Lipinski definition) is 6. The number of alkyl halides is 3. The topological polar surface area (TPSA) is 76.6 Å². The van der Waals surface area contributed by atoms with Crippen LogP contribution in [0, 0.1) is 0 Å². The Morgan fingerprint density at radius 1 is 1.02 bits per heavy atom. The quantitative estimate of drug-likeness (QED) is 0.290. The number of carbonyl (C=O) groups excluding carboxylic acids is 1. The van der Waals surface area contributed by atoms with Gasteiger partial charge >= 0.3 is 12.3 Å². The number of piperazine rings is 1. The number of allylic oxidation sites excluding steroid dienone is 2. The SMILES string of the molecule is O=C(OCC1=CCCC=C1)N1CCNCC1Cc1nnc(-c2ccc(C(F)(F)F)cc2OCc2ccccc2)c2c1CCCC2.[HH]. The van der Waals surface area contributed by atoms with E-state index in [2.05, 4.69) is 27.7 Å². The Morgan fingerprint density at radius 3 is 2.62 bits per heavy atom. The predicted molar refractivity (Wildman–Crippen MR) is 167 cm³/mol. The molecule has 0 radical (unpaired) electrons. The lowest BCUT2D eigenvalue weighted by Gasteiger charge is -2.36. The number of amides is 1. The molecule has 2 heterocycles. The van der Waals surface area contributed by atoms with E-state index in [1.807, 2.05) is 36.4 Å². The van der Waals surface area contributed by atoms with Crippen LogP contribution in [0.3, 0.4) is 0 Å². The van der Waals surface area contributed by atoms with Gasteiger partial charge in [0.25, 0.3) is 0 Å². The summed E-state index contributed by atoms with van der Waals surface area (Å²) in [6, 6.07) is 12.7. The Bertz CT molecular complexity index is 1580. The van der Waals surface area contributed by atoms with Crippen LogP contribution in [0.5, 0.6) is 5.75 Å². The van der Waals surface area contributed by atoms with Crippen LogP contribution >= 0.6 is 0 Å². The number of nitrogens with zero attached hydrogens (tertiary/aromatic N) is 3. The number of aromatic nitrogens is 2. The van der Waals surface area contributed by atoms with Crippen LogP contribution in [-0.2, 0) is 36.8 Å². The molecule has 0 bridgehead atoms. The molecule has 1 aliphatic heterocycles. The van der Waals surface area contributed by atoms with Gasteiger partial charge in [-0.25, -0.2) is 4.79 Å². The van der Waals surface area contributed by atoms with Gasteiger partial charge in [-0.2, -0.15) is 18.3 Å². The fourth-order valence-electron chi connectivity index (χ4n) is 6.26. The van der Waals surface area contributed by atoms with Crippen LogP contribution < -0.4 is 10.1 Å². The first-order valence-electron chi connectivity index (χ1n) is 15.6. The van der Waals surface area contributed by atoms with E-state index < -0.39 is 11.7 Å². The van der Waals surface area contributed by atoms with E-state index in [-0.39, 0.29) is 32.5 Å². The van der Waals surface area contributed by atoms with Crippen LogP contribution in [0.1, 0.15) is 55.1 Å². The zero-order chi connectivity index (χ0) is 31.2. The monoisotopic (exact) mass is 620 g/mol. The largest absolute Gasteiger partial charge is 0.488 e. The Balaban J connectivity index is 0.00000417. The molecule has 1 aromatic heterocycles. The Labute approximate surface area is 262 Å². The van der Waals surface area contributed by atoms with Gasteiger partial charge < -0.3 is 19.7 Å². The van der Waals surface area contributed by atoms with E-state index in [0.717, 1.165) is 78.6 Å². The van der Waals surface area contributed by atoms with Gasteiger partial charge in [0.15, 0.2) is 0 Å². The summed E-state index contributed by atoms with van der Waals surface area (Å²) in [4.78, 5) is 14.9. The molecule has 10 heteroatoms. The third-order valence-electron chi connectivity index (χ3n) is 8.62. The molecule has 3 aromatic rings. The van der Waals surface area contributed by atoms with Gasteiger partial charge in [-0.05, 0) is 79.0 Å². The molecular weight excluding hydrogens is 581 g/mol. The number of rotatable bonds is 8. The van der Waals surface area contributed by atoms with Crippen molar-refractivity contribution in [3.05, 3.63) is 100 Å². The number of carbonyl (C=O) groups is 1. The maximum Gasteiger partial charge on any atom is 0.416 e. The van der Waals surface area contributed by atoms with Gasteiger partial charge in [0.2, 0.25) is 0 Å². The summed E-state index contributed by atoms with van der Waals surface area (Å²) in [7, 11) is 0. The van der Waals surface area contributed by atoms with Gasteiger partial charge in [0.1, 0.15) is 24.7 Å². The van der Waals surface area contributed by atoms with Crippen LogP contribution in [-0.4, -0.2) is 53.5 Å². The molecule has 1 unspecified atom stereocenters. The highest BCUT2D eigenvalue weighted by Crippen LogP contribution is 2.40. The van der Waals surface area contributed by atoms with E-state index in [1.54, 1.807) is 4.90 Å². The molecule has 6 rings (SSSR count). The lowest BCUT2D eigenvalue weighted by Crippen LogP contribution is -2.54. The van der Waals surface area contributed by atoms with Crippen LogP contribution in [0.15, 0.2) is 72.3 Å². The fourth-order valence-corrected chi connectivity index (χ4v) is 6.26. The molecule has 1 fully saturated rings. The van der Waals surface area contributed by atoms with E-state index in [4.69, 9.17) is 9.47 Å². The molecule has 2 aliphatic carbocycles. The lowest BCUT2D eigenvalue weighted by atomic mass is 9.86. The Kier molecular flexibility index (Phi) is 9.49. The minimum atomic E-state index is -4.51. The van der Waals surface area contributed by atoms with Crippen LogP contribution in [0.4, 0.5) is 18.0 Å². The summed E-state index contributed by atoms with van der Waals surface area (Å²) in [5.74, 6) is 0.122. The van der Waals surface area contributed by atoms with Gasteiger partial charge in [-0.3, -0.25) is 0 Å². The molecule has 1 amide bonds. The Morgan fingerprint density at radius 2 is 1.84 bits per heavy atom. The normalized spacial score (nSPS) is 18.2. The number of fused-ring (bicyclic) bond motifs is 1. The van der Waals surface area contributed by atoms with Crippen molar-refractivity contribution in [1.29, 1.82) is 0 Å². The summed E-state index contributed by atoms with van der Waals surface area (Å²) in [6.07, 6.45) is 7.25. The maximum absolute atomic E-state index is 13.7. The predicted octanol–water partition coefficient (Wildman–Crippen LogP) is 7.10. The molecule has 0 spiro atoms. The van der Waals surface area contributed by atoms with Crippen molar-refractivity contribution >= 4 is 6.09 Å². The van der Waals surface area contributed by atoms with Crippen molar-refractivity contribution in [3.8, 4) is 17.0 Å². The first kappa shape index (κ1) is 30.8. The number of halogens is 3. The third-order valence-corrected chi connectivity index (χ3v) is 8.62. The summed E-state index contributed by atoms with van der Waals surface area (Å²) >= 11 is 0. The van der Waals surface area contributed by atoms with Crippen molar-refractivity contribution in [2.45, 2.75) is 63.8 Å². The van der Waals surface area contributed by atoms with Crippen molar-refractivity contribution in [3.63, 3.8) is 0 Å². The van der Waals surface area contributed by atoms with E-state index >= 15 is 0 Å². The highest BCUT2D eigenvalue weighted by Gasteiger charge is 2.33. The molecule has 0 saturated carbocycles. The van der Waals surface area contributed by atoms with Crippen molar-refractivity contribution < 1.29 is 28.9 Å². The minimum absolute atomic E-state index is 0. The standard InChI is InChI=1S/C35H37F3N4O3.H2/c36-35(37,38)26-15-16-30(32(19-26)44-22-24-9-3-1-4-10-24)33-29-14-8-7-13-28(29)31(40-41-33)20-27-21-39-17-18-42(27)34(43)45-23-25-11-5-2-6-12-25;/h1,3-5,9-12,15-16,19,27,39H,2,6-8,13-14,17-18,20-23H2;1H. The van der Waals surface area contributed by atoms with Crippen LogP contribution in [0.2, 0.25) is 0 Å². The number of hydrogen-bond donors (Lipinski definition) is 1. The van der Waals surface area contributed by atoms with Crippen molar-refractivity contribution in [2.24, 2.45) is 0 Å². The number of ether oxygens (including phenoxy) is 2. The number of nitrogens with one attached hydrogen (secondary N) is 1. The zero-order valence-corrected chi connectivity index (χ0v) is 25.1. The molecule has 2 aromatic carbocycles. The van der Waals surface area contributed by atoms with E-state index in [1.165, 1.54) is 6.07 Å². The number of benzene rings is 2. The van der Waals surface area contributed by atoms with E-state index in [0.29, 0.717) is 37.3 Å². The van der Waals surface area contributed by atoms with Crippen LogP contribution in [0.25, 0.3) is 11.3 Å².